The predicted molar refractivity (Wildman–Crippen MR) is 168 cm³/mol. The van der Waals surface area contributed by atoms with E-state index in [2.05, 4.69) is 119 Å². The fourth-order valence-electron chi connectivity index (χ4n) is 9.50. The fourth-order valence-corrected chi connectivity index (χ4v) is 16.0. The molecule has 0 unspecified atom stereocenters. The molecule has 0 aliphatic heterocycles. The number of hydrogen-bond donors (Lipinski definition) is 0. The van der Waals surface area contributed by atoms with Crippen molar-refractivity contribution in [1.82, 2.24) is 0 Å². The van der Waals surface area contributed by atoms with Crippen molar-refractivity contribution in [2.45, 2.75) is 42.7 Å². The molecular weight excluding hydrogens is 599 g/mol. The van der Waals surface area contributed by atoms with Crippen molar-refractivity contribution in [1.29, 1.82) is 0 Å². The molecule has 4 bridgehead atoms. The van der Waals surface area contributed by atoms with Gasteiger partial charge in [0.05, 0.1) is 0 Å². The predicted octanol–water partition coefficient (Wildman–Crippen LogP) is 4.19. The molecule has 0 nitrogen and oxygen atoms in total. The molecule has 43 heavy (non-hydrogen) atoms. The Morgan fingerprint density at radius 2 is 1.05 bits per heavy atom. The molecule has 0 N–H and O–H groups in total. The Bertz CT molecular complexity index is 1650. The molecule has 0 saturated heterocycles. The second-order valence-electron chi connectivity index (χ2n) is 13.3. The standard InChI is InChI=1S/C25H17.C10H14.C5H5.2ClH.Ti/c1-3-7-18(8-4-1)20-11-13-22-15-23-14-12-21(17-25(23)24(22)16-20)19-9-5-2-6-10-19;1-7-2-9-4-8(1)5-10(3-7)6-9;1-2-4-5-3-1;;;/h1-17H;7-10H,1-5H2;1-3H,4H2;2*1H;/q;;;;;+2/p-2. The minimum absolute atomic E-state index is 0. The van der Waals surface area contributed by atoms with Crippen molar-refractivity contribution in [2.24, 2.45) is 23.7 Å². The zero-order valence-electron chi connectivity index (χ0n) is 24.4. The molecule has 0 radical (unpaired) electrons. The quantitative estimate of drug-likeness (QED) is 0.296. The van der Waals surface area contributed by atoms with Crippen LogP contribution in [0.4, 0.5) is 0 Å². The van der Waals surface area contributed by atoms with Crippen LogP contribution in [0.5, 0.6) is 0 Å². The van der Waals surface area contributed by atoms with Crippen LogP contribution in [0, 0.1) is 23.7 Å². The van der Waals surface area contributed by atoms with Gasteiger partial charge in [-0.2, -0.15) is 0 Å². The zero-order chi connectivity index (χ0) is 26.9. The molecule has 4 fully saturated rings. The van der Waals surface area contributed by atoms with Gasteiger partial charge < -0.3 is 24.8 Å². The first-order valence-electron chi connectivity index (χ1n) is 15.8. The number of allylic oxidation sites excluding steroid dienone is 4. The van der Waals surface area contributed by atoms with Gasteiger partial charge in [0.25, 0.3) is 0 Å². The van der Waals surface area contributed by atoms with E-state index in [-0.39, 0.29) is 24.8 Å². The van der Waals surface area contributed by atoms with Crippen molar-refractivity contribution >= 4 is 3.81 Å². The third kappa shape index (κ3) is 4.90. The number of benzene rings is 4. The van der Waals surface area contributed by atoms with Crippen molar-refractivity contribution < 1.29 is 42.2 Å². The van der Waals surface area contributed by atoms with E-state index in [1.165, 1.54) is 71.9 Å². The molecule has 10 rings (SSSR count). The van der Waals surface area contributed by atoms with Gasteiger partial charge in [0, 0.05) is 0 Å². The first-order chi connectivity index (χ1) is 20.3. The van der Waals surface area contributed by atoms with Crippen LogP contribution in [0.15, 0.2) is 119 Å². The first kappa shape index (κ1) is 29.2. The van der Waals surface area contributed by atoms with Crippen LogP contribution in [0.2, 0.25) is 0 Å². The second-order valence-corrected chi connectivity index (χ2v) is 17.4. The summed E-state index contributed by atoms with van der Waals surface area (Å²) in [7, 11) is 0. The van der Waals surface area contributed by atoms with Gasteiger partial charge >= 0.3 is 251 Å². The Hall–Kier alpha value is -2.48. The molecule has 0 heterocycles. The summed E-state index contributed by atoms with van der Waals surface area (Å²) in [4.78, 5) is 0. The number of hydrogen-bond acceptors (Lipinski definition) is 0. The fraction of sp³-hybridized carbons (Fsp3) is 0.275. The Morgan fingerprint density at radius 3 is 1.51 bits per heavy atom. The van der Waals surface area contributed by atoms with Crippen molar-refractivity contribution in [3.63, 3.8) is 0 Å². The van der Waals surface area contributed by atoms with Crippen molar-refractivity contribution in [3.8, 4) is 33.4 Å². The van der Waals surface area contributed by atoms with Gasteiger partial charge in [-0.15, -0.1) is 0 Å². The summed E-state index contributed by atoms with van der Waals surface area (Å²) in [5.74, 6) is 3.84. The summed E-state index contributed by atoms with van der Waals surface area (Å²) in [6, 6.07) is 36.9. The smallest absolute Gasteiger partial charge is 1.00 e. The van der Waals surface area contributed by atoms with E-state index in [9.17, 15) is 0 Å². The summed E-state index contributed by atoms with van der Waals surface area (Å²) in [6.07, 6.45) is 16.0. The Labute approximate surface area is 274 Å². The van der Waals surface area contributed by atoms with Crippen LogP contribution < -0.4 is 24.8 Å². The Kier molecular flexibility index (Phi) is 8.02. The molecule has 0 spiro atoms. The molecule has 0 atom stereocenters. The van der Waals surface area contributed by atoms with Gasteiger partial charge in [-0.25, -0.2) is 0 Å². The van der Waals surface area contributed by atoms with E-state index in [4.69, 9.17) is 0 Å². The zero-order valence-corrected chi connectivity index (χ0v) is 27.4. The monoisotopic (exact) mass is 634 g/mol. The van der Waals surface area contributed by atoms with Crippen molar-refractivity contribution in [2.75, 3.05) is 0 Å². The van der Waals surface area contributed by atoms with Gasteiger partial charge in [-0.1, -0.05) is 0 Å². The molecule has 6 aliphatic rings. The number of fused-ring (bicyclic) bond motifs is 3. The van der Waals surface area contributed by atoms with Gasteiger partial charge in [0.15, 0.2) is 0 Å². The van der Waals surface area contributed by atoms with Gasteiger partial charge in [0.1, 0.15) is 0 Å². The maximum absolute atomic E-state index is 2.56. The topological polar surface area (TPSA) is 0 Å². The second kappa shape index (κ2) is 11.8. The SMILES string of the molecule is C1=CC[C]([Ti+2](=[C]2C3CC4CC(C3)CC2C4)[CH]2c3ccc(-c4ccccc4)cc3-c3cc(-c4ccccc4)ccc32)=C1.[Cl-].[Cl-]. The van der Waals surface area contributed by atoms with Gasteiger partial charge in [-0.05, 0) is 0 Å². The van der Waals surface area contributed by atoms with Crippen LogP contribution in [-0.2, 0) is 17.4 Å². The van der Waals surface area contributed by atoms with Crippen LogP contribution in [0.3, 0.4) is 0 Å². The maximum atomic E-state index is 2.56. The molecule has 0 amide bonds. The summed E-state index contributed by atoms with van der Waals surface area (Å²) in [5.41, 5.74) is 11.5. The Morgan fingerprint density at radius 1 is 0.535 bits per heavy atom. The maximum Gasteiger partial charge on any atom is -1.00 e. The van der Waals surface area contributed by atoms with E-state index in [0.29, 0.717) is 4.22 Å². The third-order valence-corrected chi connectivity index (χ3v) is 16.7. The molecule has 6 aliphatic carbocycles. The summed E-state index contributed by atoms with van der Waals surface area (Å²) < 4.78 is 4.51. The Balaban J connectivity index is 0.00000150. The average Bonchev–Trinajstić information content (AvgIpc) is 3.66. The molecule has 4 saturated carbocycles. The minimum atomic E-state index is -1.84. The minimum Gasteiger partial charge on any atom is -1.00 e. The largest absolute Gasteiger partial charge is 1.00 e. The third-order valence-electron chi connectivity index (χ3n) is 11.0. The average molecular weight is 636 g/mol. The summed E-state index contributed by atoms with van der Waals surface area (Å²) in [6.45, 7) is 0. The molecule has 214 valence electrons. The van der Waals surface area contributed by atoms with E-state index < -0.39 is 17.4 Å². The van der Waals surface area contributed by atoms with E-state index in [1.54, 1.807) is 11.1 Å². The van der Waals surface area contributed by atoms with Crippen LogP contribution in [0.1, 0.15) is 53.9 Å². The first-order valence-corrected chi connectivity index (χ1v) is 18.3. The van der Waals surface area contributed by atoms with Crippen LogP contribution >= 0.6 is 0 Å². The number of halogens is 2. The normalized spacial score (nSPS) is 24.0. The van der Waals surface area contributed by atoms with E-state index in [1.807, 2.05) is 3.88 Å². The van der Waals surface area contributed by atoms with Crippen molar-refractivity contribution in [3.05, 3.63) is 130 Å². The van der Waals surface area contributed by atoms with Gasteiger partial charge in [0.2, 0.25) is 0 Å². The summed E-state index contributed by atoms with van der Waals surface area (Å²) >= 11 is -1.84. The molecule has 4 aromatic carbocycles. The molecule has 4 aromatic rings. The molecule has 3 heteroatoms. The van der Waals surface area contributed by atoms with E-state index >= 15 is 0 Å². The van der Waals surface area contributed by atoms with Crippen LogP contribution in [-0.4, -0.2) is 3.81 Å². The van der Waals surface area contributed by atoms with E-state index in [0.717, 1.165) is 23.7 Å². The van der Waals surface area contributed by atoms with Crippen LogP contribution in [0.25, 0.3) is 33.4 Å². The molecular formula is C40H36Cl2Ti. The molecule has 0 aromatic heterocycles. The summed E-state index contributed by atoms with van der Waals surface area (Å²) in [5, 5.41) is 0. The number of rotatable bonds is 4. The van der Waals surface area contributed by atoms with Gasteiger partial charge in [-0.3, -0.25) is 0 Å².